The summed E-state index contributed by atoms with van der Waals surface area (Å²) in [6, 6.07) is 12.4. The number of hydrogen-bond acceptors (Lipinski definition) is 4. The van der Waals surface area contributed by atoms with E-state index in [1.54, 1.807) is 11.3 Å². The lowest BCUT2D eigenvalue weighted by Gasteiger charge is -2.13. The average molecular weight is 284 g/mol. The lowest BCUT2D eigenvalue weighted by atomic mass is 10.2. The Bertz CT molecular complexity index is 688. The van der Waals surface area contributed by atoms with E-state index in [0.29, 0.717) is 0 Å². The summed E-state index contributed by atoms with van der Waals surface area (Å²) < 4.78 is 5.65. The minimum atomic E-state index is 0.134. The maximum absolute atomic E-state index is 5.65. The number of nitrogens with one attached hydrogen (secondary N) is 1. The van der Waals surface area contributed by atoms with Crippen molar-refractivity contribution in [3.63, 3.8) is 0 Å². The van der Waals surface area contributed by atoms with Crippen molar-refractivity contribution in [2.24, 2.45) is 0 Å². The molecule has 1 aromatic carbocycles. The van der Waals surface area contributed by atoms with Crippen LogP contribution in [0.5, 0.6) is 0 Å². The van der Waals surface area contributed by atoms with E-state index in [1.165, 1.54) is 0 Å². The predicted octanol–water partition coefficient (Wildman–Crippen LogP) is 4.88. The van der Waals surface area contributed by atoms with E-state index in [1.807, 2.05) is 36.7 Å². The van der Waals surface area contributed by atoms with Crippen LogP contribution in [0, 0.1) is 6.92 Å². The van der Waals surface area contributed by atoms with E-state index < -0.39 is 0 Å². The second-order valence-corrected chi connectivity index (χ2v) is 5.63. The lowest BCUT2D eigenvalue weighted by Crippen LogP contribution is -2.05. The minimum Gasteiger partial charge on any atom is -0.464 e. The molecule has 4 heteroatoms. The zero-order valence-corrected chi connectivity index (χ0v) is 12.3. The molecule has 0 saturated carbocycles. The Labute approximate surface area is 122 Å². The number of thiazole rings is 1. The van der Waals surface area contributed by atoms with Crippen LogP contribution in [0.3, 0.4) is 0 Å². The number of aryl methyl sites for hydroxylation is 1. The first-order valence-electron chi connectivity index (χ1n) is 6.55. The Hall–Kier alpha value is -2.07. The van der Waals surface area contributed by atoms with Gasteiger partial charge in [0.25, 0.3) is 0 Å². The van der Waals surface area contributed by atoms with Gasteiger partial charge in [-0.15, -0.1) is 11.3 Å². The average Bonchev–Trinajstić information content (AvgIpc) is 3.10. The van der Waals surface area contributed by atoms with Crippen molar-refractivity contribution < 1.29 is 4.42 Å². The number of aromatic nitrogens is 1. The van der Waals surface area contributed by atoms with Crippen molar-refractivity contribution in [3.8, 4) is 10.6 Å². The Kier molecular flexibility index (Phi) is 3.56. The maximum atomic E-state index is 5.65. The number of nitrogens with zero attached hydrogens (tertiary/aromatic N) is 1. The van der Waals surface area contributed by atoms with E-state index in [4.69, 9.17) is 4.42 Å². The first-order chi connectivity index (χ1) is 9.72. The minimum absolute atomic E-state index is 0.134. The molecular formula is C16H16N2OS. The van der Waals surface area contributed by atoms with E-state index >= 15 is 0 Å². The van der Waals surface area contributed by atoms with Gasteiger partial charge in [0.15, 0.2) is 0 Å². The summed E-state index contributed by atoms with van der Waals surface area (Å²) in [5.74, 6) is 1.88. The number of rotatable bonds is 4. The van der Waals surface area contributed by atoms with Crippen LogP contribution in [0.15, 0.2) is 52.4 Å². The van der Waals surface area contributed by atoms with Crippen molar-refractivity contribution in [2.75, 3.05) is 5.32 Å². The van der Waals surface area contributed by atoms with Gasteiger partial charge in [0.2, 0.25) is 0 Å². The highest BCUT2D eigenvalue weighted by molar-refractivity contribution is 7.13. The Morgan fingerprint density at radius 1 is 1.25 bits per heavy atom. The zero-order valence-electron chi connectivity index (χ0n) is 11.5. The molecule has 0 aliphatic carbocycles. The second-order valence-electron chi connectivity index (χ2n) is 4.73. The van der Waals surface area contributed by atoms with Crippen LogP contribution >= 0.6 is 11.3 Å². The van der Waals surface area contributed by atoms with Crippen LogP contribution in [0.1, 0.15) is 24.5 Å². The quantitative estimate of drug-likeness (QED) is 0.741. The lowest BCUT2D eigenvalue weighted by molar-refractivity contribution is 0.467. The summed E-state index contributed by atoms with van der Waals surface area (Å²) in [7, 11) is 0. The van der Waals surface area contributed by atoms with Gasteiger partial charge in [-0.1, -0.05) is 12.1 Å². The van der Waals surface area contributed by atoms with E-state index in [9.17, 15) is 0 Å². The molecule has 1 atom stereocenters. The molecule has 0 aliphatic heterocycles. The monoisotopic (exact) mass is 284 g/mol. The second kappa shape index (κ2) is 5.51. The smallest absolute Gasteiger partial charge is 0.126 e. The molecule has 0 bridgehead atoms. The Morgan fingerprint density at radius 2 is 2.15 bits per heavy atom. The van der Waals surface area contributed by atoms with Crippen LogP contribution < -0.4 is 5.32 Å². The van der Waals surface area contributed by atoms with Gasteiger partial charge in [-0.2, -0.15) is 0 Å². The number of hydrogen-bond donors (Lipinski definition) is 1. The highest BCUT2D eigenvalue weighted by atomic mass is 32.1. The molecule has 20 heavy (non-hydrogen) atoms. The highest BCUT2D eigenvalue weighted by Gasteiger charge is 2.10. The summed E-state index contributed by atoms with van der Waals surface area (Å²) in [5.41, 5.74) is 2.20. The van der Waals surface area contributed by atoms with E-state index in [-0.39, 0.29) is 6.04 Å². The zero-order chi connectivity index (χ0) is 13.9. The summed E-state index contributed by atoms with van der Waals surface area (Å²) in [6.07, 6.45) is 1.83. The molecule has 0 spiro atoms. The molecule has 1 N–H and O–H groups in total. The largest absolute Gasteiger partial charge is 0.464 e. The normalized spacial score (nSPS) is 12.3. The van der Waals surface area contributed by atoms with Gasteiger partial charge < -0.3 is 9.73 Å². The molecule has 0 aliphatic rings. The third kappa shape index (κ3) is 2.75. The topological polar surface area (TPSA) is 38.1 Å². The van der Waals surface area contributed by atoms with Gasteiger partial charge >= 0.3 is 0 Å². The van der Waals surface area contributed by atoms with Crippen molar-refractivity contribution in [3.05, 3.63) is 59.5 Å². The SMILES string of the molecule is Cc1ccc(C(C)Nc2cccc(-c3nccs3)c2)o1. The molecule has 3 aromatic rings. The van der Waals surface area contributed by atoms with Crippen LogP contribution in [0.25, 0.3) is 10.6 Å². The molecule has 3 rings (SSSR count). The van der Waals surface area contributed by atoms with Gasteiger partial charge in [0, 0.05) is 22.8 Å². The van der Waals surface area contributed by atoms with Crippen LogP contribution in [0.2, 0.25) is 0 Å². The number of anilines is 1. The van der Waals surface area contributed by atoms with Crippen molar-refractivity contribution >= 4 is 17.0 Å². The standard InChI is InChI=1S/C16H16N2OS/c1-11-6-7-15(19-11)12(2)18-14-5-3-4-13(10-14)16-17-8-9-20-16/h3-10,12,18H,1-2H3. The van der Waals surface area contributed by atoms with Gasteiger partial charge in [-0.25, -0.2) is 4.98 Å². The molecule has 0 amide bonds. The van der Waals surface area contributed by atoms with Gasteiger partial charge in [0.05, 0.1) is 6.04 Å². The fraction of sp³-hybridized carbons (Fsp3) is 0.188. The molecule has 0 fully saturated rings. The van der Waals surface area contributed by atoms with E-state index in [2.05, 4.69) is 35.4 Å². The third-order valence-electron chi connectivity index (χ3n) is 3.11. The third-order valence-corrected chi connectivity index (χ3v) is 3.94. The fourth-order valence-corrected chi connectivity index (χ4v) is 2.75. The molecule has 3 nitrogen and oxygen atoms in total. The molecule has 102 valence electrons. The van der Waals surface area contributed by atoms with Gasteiger partial charge in [-0.3, -0.25) is 0 Å². The predicted molar refractivity (Wildman–Crippen MR) is 83.0 cm³/mol. The van der Waals surface area contributed by atoms with Crippen LogP contribution in [-0.4, -0.2) is 4.98 Å². The summed E-state index contributed by atoms with van der Waals surface area (Å²) in [6.45, 7) is 4.05. The van der Waals surface area contributed by atoms with Crippen LogP contribution in [-0.2, 0) is 0 Å². The first-order valence-corrected chi connectivity index (χ1v) is 7.43. The first kappa shape index (κ1) is 12.9. The van der Waals surface area contributed by atoms with Crippen LogP contribution in [0.4, 0.5) is 5.69 Å². The highest BCUT2D eigenvalue weighted by Crippen LogP contribution is 2.27. The van der Waals surface area contributed by atoms with Gasteiger partial charge in [0.1, 0.15) is 16.5 Å². The fourth-order valence-electron chi connectivity index (χ4n) is 2.12. The van der Waals surface area contributed by atoms with Crippen molar-refractivity contribution in [1.29, 1.82) is 0 Å². The number of benzene rings is 1. The van der Waals surface area contributed by atoms with Gasteiger partial charge in [-0.05, 0) is 38.1 Å². The molecule has 2 heterocycles. The van der Waals surface area contributed by atoms with Crippen molar-refractivity contribution in [2.45, 2.75) is 19.9 Å². The Balaban J connectivity index is 1.79. The molecule has 0 radical (unpaired) electrons. The Morgan fingerprint density at radius 3 is 2.85 bits per heavy atom. The maximum Gasteiger partial charge on any atom is 0.126 e. The van der Waals surface area contributed by atoms with E-state index in [0.717, 1.165) is 27.8 Å². The molecule has 1 unspecified atom stereocenters. The summed E-state index contributed by atoms with van der Waals surface area (Å²) >= 11 is 1.65. The summed E-state index contributed by atoms with van der Waals surface area (Å²) in [4.78, 5) is 4.34. The number of furan rings is 1. The summed E-state index contributed by atoms with van der Waals surface area (Å²) in [5, 5.41) is 6.48. The molecule has 0 saturated heterocycles. The molecular weight excluding hydrogens is 268 g/mol. The molecule has 2 aromatic heterocycles. The van der Waals surface area contributed by atoms with Crippen molar-refractivity contribution in [1.82, 2.24) is 4.98 Å².